The standard InChI is InChI=1S/C12H9N5O4/c18-11-2-1-9(17(20)21)5-8(11)6-15-16-12(19)10-7-13-3-4-14-10/h1-7,18H,(H,16,19)/b15-6+. The lowest BCUT2D eigenvalue weighted by atomic mass is 10.2. The number of carbonyl (C=O) groups is 1. The third-order valence-corrected chi connectivity index (χ3v) is 2.39. The quantitative estimate of drug-likeness (QED) is 0.487. The fraction of sp³-hybridized carbons (Fsp3) is 0. The van der Waals surface area contributed by atoms with Crippen LogP contribution in [0.5, 0.6) is 5.75 Å². The first-order valence-electron chi connectivity index (χ1n) is 5.65. The van der Waals surface area contributed by atoms with E-state index in [-0.39, 0.29) is 22.7 Å². The normalized spacial score (nSPS) is 10.5. The molecule has 0 unspecified atom stereocenters. The topological polar surface area (TPSA) is 131 Å². The zero-order chi connectivity index (χ0) is 15.2. The zero-order valence-corrected chi connectivity index (χ0v) is 10.5. The molecule has 0 aliphatic heterocycles. The minimum absolute atomic E-state index is 0.0675. The van der Waals surface area contributed by atoms with Gasteiger partial charge < -0.3 is 5.11 Å². The van der Waals surface area contributed by atoms with Crippen molar-refractivity contribution in [2.75, 3.05) is 0 Å². The predicted molar refractivity (Wildman–Crippen MR) is 71.9 cm³/mol. The Morgan fingerprint density at radius 3 is 2.90 bits per heavy atom. The first kappa shape index (κ1) is 14.1. The highest BCUT2D eigenvalue weighted by Crippen LogP contribution is 2.21. The van der Waals surface area contributed by atoms with E-state index < -0.39 is 10.8 Å². The maximum Gasteiger partial charge on any atom is 0.291 e. The Morgan fingerprint density at radius 2 is 2.24 bits per heavy atom. The number of nitrogens with zero attached hydrogens (tertiary/aromatic N) is 4. The summed E-state index contributed by atoms with van der Waals surface area (Å²) in [5, 5.41) is 23.8. The molecule has 21 heavy (non-hydrogen) atoms. The number of nitro benzene ring substituents is 1. The van der Waals surface area contributed by atoms with Gasteiger partial charge in [-0.1, -0.05) is 0 Å². The van der Waals surface area contributed by atoms with E-state index in [1.807, 2.05) is 0 Å². The van der Waals surface area contributed by atoms with Crippen molar-refractivity contribution >= 4 is 17.8 Å². The molecule has 2 aromatic rings. The van der Waals surface area contributed by atoms with Crippen molar-refractivity contribution in [3.8, 4) is 5.75 Å². The van der Waals surface area contributed by atoms with E-state index in [4.69, 9.17) is 0 Å². The summed E-state index contributed by atoms with van der Waals surface area (Å²) in [6, 6.07) is 3.46. The van der Waals surface area contributed by atoms with Crippen LogP contribution in [0.25, 0.3) is 0 Å². The van der Waals surface area contributed by atoms with E-state index in [0.717, 1.165) is 18.3 Å². The van der Waals surface area contributed by atoms with Gasteiger partial charge in [-0.3, -0.25) is 19.9 Å². The molecule has 1 aromatic heterocycles. The SMILES string of the molecule is O=C(N/N=C/c1cc([N+](=O)[O-])ccc1O)c1cnccn1. The summed E-state index contributed by atoms with van der Waals surface area (Å²) in [5.41, 5.74) is 2.14. The molecule has 0 aliphatic carbocycles. The number of phenolic OH excluding ortho intramolecular Hbond substituents is 1. The summed E-state index contributed by atoms with van der Waals surface area (Å²) in [6.45, 7) is 0. The van der Waals surface area contributed by atoms with Crippen LogP contribution in [0.1, 0.15) is 16.1 Å². The maximum atomic E-state index is 11.6. The molecule has 9 heteroatoms. The largest absolute Gasteiger partial charge is 0.507 e. The summed E-state index contributed by atoms with van der Waals surface area (Å²) in [4.78, 5) is 29.1. The lowest BCUT2D eigenvalue weighted by Gasteiger charge is -1.99. The van der Waals surface area contributed by atoms with Crippen LogP contribution < -0.4 is 5.43 Å². The van der Waals surface area contributed by atoms with Crippen LogP contribution >= 0.6 is 0 Å². The Bertz CT molecular complexity index is 702. The number of benzene rings is 1. The number of hydrazone groups is 1. The Morgan fingerprint density at radius 1 is 1.43 bits per heavy atom. The molecule has 2 rings (SSSR count). The molecule has 106 valence electrons. The Balaban J connectivity index is 2.10. The number of aromatic hydroxyl groups is 1. The molecule has 0 saturated heterocycles. The summed E-state index contributed by atoms with van der Waals surface area (Å²) >= 11 is 0. The van der Waals surface area contributed by atoms with E-state index in [1.54, 1.807) is 0 Å². The van der Waals surface area contributed by atoms with Gasteiger partial charge in [0.15, 0.2) is 0 Å². The van der Waals surface area contributed by atoms with E-state index >= 15 is 0 Å². The fourth-order valence-corrected chi connectivity index (χ4v) is 1.39. The monoisotopic (exact) mass is 287 g/mol. The fourth-order valence-electron chi connectivity index (χ4n) is 1.39. The molecule has 1 aromatic carbocycles. The molecule has 0 spiro atoms. The van der Waals surface area contributed by atoms with Crippen LogP contribution in [-0.4, -0.2) is 32.1 Å². The number of nitrogens with one attached hydrogen (secondary N) is 1. The highest BCUT2D eigenvalue weighted by Gasteiger charge is 2.09. The van der Waals surface area contributed by atoms with E-state index in [1.165, 1.54) is 24.7 Å². The number of phenols is 1. The maximum absolute atomic E-state index is 11.6. The highest BCUT2D eigenvalue weighted by molar-refractivity contribution is 5.93. The molecule has 0 atom stereocenters. The molecule has 0 aliphatic rings. The van der Waals surface area contributed by atoms with Crippen molar-refractivity contribution in [3.05, 3.63) is 58.2 Å². The van der Waals surface area contributed by atoms with Gasteiger partial charge in [0, 0.05) is 30.1 Å². The first-order chi connectivity index (χ1) is 10.1. The Kier molecular flexibility index (Phi) is 4.14. The van der Waals surface area contributed by atoms with Gasteiger partial charge >= 0.3 is 0 Å². The van der Waals surface area contributed by atoms with Crippen LogP contribution in [-0.2, 0) is 0 Å². The van der Waals surface area contributed by atoms with E-state index in [2.05, 4.69) is 20.5 Å². The van der Waals surface area contributed by atoms with Crippen LogP contribution in [0.2, 0.25) is 0 Å². The van der Waals surface area contributed by atoms with Crippen molar-refractivity contribution < 1.29 is 14.8 Å². The second-order valence-electron chi connectivity index (χ2n) is 3.79. The summed E-state index contributed by atoms with van der Waals surface area (Å²) in [6.07, 6.45) is 5.12. The van der Waals surface area contributed by atoms with E-state index in [9.17, 15) is 20.0 Å². The van der Waals surface area contributed by atoms with Crippen molar-refractivity contribution in [3.63, 3.8) is 0 Å². The third-order valence-electron chi connectivity index (χ3n) is 2.39. The van der Waals surface area contributed by atoms with Gasteiger partial charge in [-0.15, -0.1) is 0 Å². The van der Waals surface area contributed by atoms with Crippen molar-refractivity contribution in [2.45, 2.75) is 0 Å². The molecular weight excluding hydrogens is 278 g/mol. The Hall–Kier alpha value is -3.36. The van der Waals surface area contributed by atoms with Gasteiger partial charge in [-0.2, -0.15) is 5.10 Å². The van der Waals surface area contributed by atoms with Gasteiger partial charge in [0.1, 0.15) is 11.4 Å². The second-order valence-corrected chi connectivity index (χ2v) is 3.79. The molecule has 0 fully saturated rings. The third kappa shape index (κ3) is 3.56. The van der Waals surface area contributed by atoms with Crippen LogP contribution in [0.15, 0.2) is 41.9 Å². The van der Waals surface area contributed by atoms with Crippen LogP contribution in [0, 0.1) is 10.1 Å². The van der Waals surface area contributed by atoms with Gasteiger partial charge in [-0.25, -0.2) is 10.4 Å². The molecule has 0 saturated carbocycles. The average molecular weight is 287 g/mol. The summed E-state index contributed by atoms with van der Waals surface area (Å²) < 4.78 is 0. The number of hydrogen-bond acceptors (Lipinski definition) is 7. The molecule has 9 nitrogen and oxygen atoms in total. The summed E-state index contributed by atoms with van der Waals surface area (Å²) in [7, 11) is 0. The van der Waals surface area contributed by atoms with Crippen molar-refractivity contribution in [1.29, 1.82) is 0 Å². The van der Waals surface area contributed by atoms with Crippen LogP contribution in [0.3, 0.4) is 0 Å². The number of non-ortho nitro benzene ring substituents is 1. The van der Waals surface area contributed by atoms with Crippen molar-refractivity contribution in [2.24, 2.45) is 5.10 Å². The highest BCUT2D eigenvalue weighted by atomic mass is 16.6. The predicted octanol–water partition coefficient (Wildman–Crippen LogP) is 0.854. The lowest BCUT2D eigenvalue weighted by Crippen LogP contribution is -2.19. The average Bonchev–Trinajstić information content (AvgIpc) is 2.49. The van der Waals surface area contributed by atoms with Gasteiger partial charge in [-0.05, 0) is 6.07 Å². The number of carbonyl (C=O) groups excluding carboxylic acids is 1. The number of aromatic nitrogens is 2. The molecule has 1 heterocycles. The van der Waals surface area contributed by atoms with Gasteiger partial charge in [0.25, 0.3) is 11.6 Å². The number of rotatable bonds is 4. The number of nitro groups is 1. The van der Waals surface area contributed by atoms with Crippen LogP contribution in [0.4, 0.5) is 5.69 Å². The smallest absolute Gasteiger partial charge is 0.291 e. The minimum atomic E-state index is -0.602. The van der Waals surface area contributed by atoms with Gasteiger partial charge in [0.2, 0.25) is 0 Å². The van der Waals surface area contributed by atoms with Crippen molar-refractivity contribution in [1.82, 2.24) is 15.4 Å². The van der Waals surface area contributed by atoms with Gasteiger partial charge in [0.05, 0.1) is 17.3 Å². The zero-order valence-electron chi connectivity index (χ0n) is 10.5. The van der Waals surface area contributed by atoms with E-state index in [0.29, 0.717) is 0 Å². The second kappa shape index (κ2) is 6.19. The molecule has 0 bridgehead atoms. The Labute approximate surface area is 118 Å². The summed E-state index contributed by atoms with van der Waals surface area (Å²) in [5.74, 6) is -0.789. The number of hydrogen-bond donors (Lipinski definition) is 2. The molecular formula is C12H9N5O4. The molecule has 0 radical (unpaired) electrons. The lowest BCUT2D eigenvalue weighted by molar-refractivity contribution is -0.384. The minimum Gasteiger partial charge on any atom is -0.507 e. The molecule has 2 N–H and O–H groups in total. The molecule has 1 amide bonds. The first-order valence-corrected chi connectivity index (χ1v) is 5.65. The number of amides is 1.